The number of aliphatic carboxylic acids is 1. The zero-order valence-electron chi connectivity index (χ0n) is 11.2. The van der Waals surface area contributed by atoms with Crippen LogP contribution in [-0.4, -0.2) is 23.2 Å². The average molecular weight is 330 g/mol. The quantitative estimate of drug-likeness (QED) is 0.806. The van der Waals surface area contributed by atoms with Gasteiger partial charge in [0, 0.05) is 10.5 Å². The van der Waals surface area contributed by atoms with E-state index >= 15 is 0 Å². The van der Waals surface area contributed by atoms with Crippen molar-refractivity contribution in [3.8, 4) is 5.75 Å². The van der Waals surface area contributed by atoms with Gasteiger partial charge in [-0.15, -0.1) is 0 Å². The fourth-order valence-corrected chi connectivity index (χ4v) is 2.12. The van der Waals surface area contributed by atoms with Gasteiger partial charge in [0.1, 0.15) is 5.75 Å². The third kappa shape index (κ3) is 4.84. The second-order valence-electron chi connectivity index (χ2n) is 4.48. The Morgan fingerprint density at radius 3 is 2.63 bits per heavy atom. The van der Waals surface area contributed by atoms with E-state index in [1.54, 1.807) is 13.0 Å². The van der Waals surface area contributed by atoms with Gasteiger partial charge in [0.05, 0.1) is 0 Å². The summed E-state index contributed by atoms with van der Waals surface area (Å²) in [5.41, 5.74) is 6.89. The van der Waals surface area contributed by atoms with E-state index in [9.17, 15) is 4.79 Å². The van der Waals surface area contributed by atoms with Crippen molar-refractivity contribution in [2.75, 3.05) is 0 Å². The maximum absolute atomic E-state index is 11.0. The fourth-order valence-electron chi connectivity index (χ4n) is 1.71. The maximum Gasteiger partial charge on any atom is 0.344 e. The van der Waals surface area contributed by atoms with Crippen LogP contribution in [0.25, 0.3) is 0 Å². The Morgan fingerprint density at radius 2 is 2.11 bits per heavy atom. The number of benzene rings is 1. The molecule has 0 saturated carbocycles. The highest BCUT2D eigenvalue weighted by Gasteiger charge is 2.19. The highest BCUT2D eigenvalue weighted by molar-refractivity contribution is 9.10. The largest absolute Gasteiger partial charge is 0.479 e. The standard InChI is InChI=1S/C14H20BrNO3/c1-3-11(16)8-9-7-10(15)5-6-13(9)19-12(4-2)14(17)18/h5-7,11-12H,3-4,8,16H2,1-2H3,(H,17,18). The molecule has 0 bridgehead atoms. The Labute approximate surface area is 122 Å². The predicted octanol–water partition coefficient (Wildman–Crippen LogP) is 2.97. The van der Waals surface area contributed by atoms with Crippen LogP contribution in [0.2, 0.25) is 0 Å². The van der Waals surface area contributed by atoms with Crippen LogP contribution < -0.4 is 10.5 Å². The number of carboxylic acid groups (broad SMARTS) is 1. The van der Waals surface area contributed by atoms with Gasteiger partial charge in [-0.1, -0.05) is 29.8 Å². The first-order chi connectivity index (χ1) is 8.97. The van der Waals surface area contributed by atoms with Crippen LogP contribution in [0.1, 0.15) is 32.3 Å². The smallest absolute Gasteiger partial charge is 0.344 e. The van der Waals surface area contributed by atoms with E-state index in [-0.39, 0.29) is 6.04 Å². The van der Waals surface area contributed by atoms with Crippen molar-refractivity contribution in [2.45, 2.75) is 45.3 Å². The van der Waals surface area contributed by atoms with Gasteiger partial charge in [0.2, 0.25) is 0 Å². The molecular formula is C14H20BrNO3. The van der Waals surface area contributed by atoms with Crippen molar-refractivity contribution >= 4 is 21.9 Å². The van der Waals surface area contributed by atoms with E-state index in [1.165, 1.54) is 0 Å². The molecule has 0 spiro atoms. The van der Waals surface area contributed by atoms with E-state index in [2.05, 4.69) is 15.9 Å². The number of rotatable bonds is 7. The fraction of sp³-hybridized carbons (Fsp3) is 0.500. The van der Waals surface area contributed by atoms with Crippen molar-refractivity contribution < 1.29 is 14.6 Å². The van der Waals surface area contributed by atoms with Crippen LogP contribution >= 0.6 is 15.9 Å². The van der Waals surface area contributed by atoms with Crippen LogP contribution in [-0.2, 0) is 11.2 Å². The molecule has 0 aliphatic rings. The minimum absolute atomic E-state index is 0.0431. The Balaban J connectivity index is 2.95. The molecule has 2 unspecified atom stereocenters. The Bertz CT molecular complexity index is 437. The van der Waals surface area contributed by atoms with Gasteiger partial charge in [-0.3, -0.25) is 0 Å². The lowest BCUT2D eigenvalue weighted by Crippen LogP contribution is -2.27. The topological polar surface area (TPSA) is 72.5 Å². The van der Waals surface area contributed by atoms with Gasteiger partial charge >= 0.3 is 5.97 Å². The number of carbonyl (C=O) groups is 1. The summed E-state index contributed by atoms with van der Waals surface area (Å²) < 4.78 is 6.51. The summed E-state index contributed by atoms with van der Waals surface area (Å²) in [6, 6.07) is 5.60. The molecule has 0 saturated heterocycles. The van der Waals surface area contributed by atoms with Crippen LogP contribution in [0, 0.1) is 0 Å². The Kier molecular flexibility index (Phi) is 6.31. The minimum atomic E-state index is -0.948. The van der Waals surface area contributed by atoms with Gasteiger partial charge < -0.3 is 15.6 Å². The average Bonchev–Trinajstić information content (AvgIpc) is 2.37. The summed E-state index contributed by atoms with van der Waals surface area (Å²) in [5.74, 6) is -0.350. The second-order valence-corrected chi connectivity index (χ2v) is 5.39. The molecule has 0 amide bonds. The Hall–Kier alpha value is -1.07. The molecular weight excluding hydrogens is 310 g/mol. The molecule has 0 aliphatic carbocycles. The molecule has 1 aromatic rings. The molecule has 4 nitrogen and oxygen atoms in total. The van der Waals surface area contributed by atoms with Gasteiger partial charge in [0.25, 0.3) is 0 Å². The van der Waals surface area contributed by atoms with Gasteiger partial charge in [0.15, 0.2) is 6.10 Å². The molecule has 0 fully saturated rings. The molecule has 5 heteroatoms. The third-order valence-corrected chi connectivity index (χ3v) is 3.44. The molecule has 106 valence electrons. The first-order valence-corrected chi connectivity index (χ1v) is 7.20. The number of hydrogen-bond donors (Lipinski definition) is 2. The summed E-state index contributed by atoms with van der Waals surface area (Å²) in [6.45, 7) is 3.81. The number of halogens is 1. The molecule has 0 heterocycles. The van der Waals surface area contributed by atoms with E-state index < -0.39 is 12.1 Å². The van der Waals surface area contributed by atoms with Crippen molar-refractivity contribution in [3.63, 3.8) is 0 Å². The molecule has 3 N–H and O–H groups in total. The molecule has 2 atom stereocenters. The summed E-state index contributed by atoms with van der Waals surface area (Å²) in [4.78, 5) is 11.0. The lowest BCUT2D eigenvalue weighted by molar-refractivity contribution is -0.145. The molecule has 0 radical (unpaired) electrons. The summed E-state index contributed by atoms with van der Waals surface area (Å²) >= 11 is 3.41. The van der Waals surface area contributed by atoms with Crippen molar-refractivity contribution in [3.05, 3.63) is 28.2 Å². The number of ether oxygens (including phenoxy) is 1. The SMILES string of the molecule is CCC(N)Cc1cc(Br)ccc1OC(CC)C(=O)O. The summed E-state index contributed by atoms with van der Waals surface area (Å²) in [7, 11) is 0. The molecule has 1 aromatic carbocycles. The zero-order chi connectivity index (χ0) is 14.4. The second kappa shape index (κ2) is 7.50. The van der Waals surface area contributed by atoms with E-state index in [0.29, 0.717) is 18.6 Å². The van der Waals surface area contributed by atoms with E-state index in [1.807, 2.05) is 19.1 Å². The summed E-state index contributed by atoms with van der Waals surface area (Å²) in [6.07, 6.45) is 1.13. The van der Waals surface area contributed by atoms with Crippen LogP contribution in [0.5, 0.6) is 5.75 Å². The summed E-state index contributed by atoms with van der Waals surface area (Å²) in [5, 5.41) is 9.05. The van der Waals surface area contributed by atoms with E-state index in [4.69, 9.17) is 15.6 Å². The van der Waals surface area contributed by atoms with Gasteiger partial charge in [-0.25, -0.2) is 4.79 Å². The monoisotopic (exact) mass is 329 g/mol. The number of nitrogens with two attached hydrogens (primary N) is 1. The molecule has 19 heavy (non-hydrogen) atoms. The van der Waals surface area contributed by atoms with Gasteiger partial charge in [-0.05, 0) is 43.0 Å². The molecule has 0 aromatic heterocycles. The molecule has 0 aliphatic heterocycles. The number of hydrogen-bond acceptors (Lipinski definition) is 3. The minimum Gasteiger partial charge on any atom is -0.479 e. The predicted molar refractivity (Wildman–Crippen MR) is 78.5 cm³/mol. The van der Waals surface area contributed by atoms with Crippen molar-refractivity contribution in [1.82, 2.24) is 0 Å². The lowest BCUT2D eigenvalue weighted by atomic mass is 10.0. The first kappa shape index (κ1) is 16.0. The number of carboxylic acids is 1. The highest BCUT2D eigenvalue weighted by Crippen LogP contribution is 2.26. The lowest BCUT2D eigenvalue weighted by Gasteiger charge is -2.18. The first-order valence-electron chi connectivity index (χ1n) is 6.41. The van der Waals surface area contributed by atoms with Crippen LogP contribution in [0.3, 0.4) is 0 Å². The van der Waals surface area contributed by atoms with Crippen molar-refractivity contribution in [2.24, 2.45) is 5.73 Å². The van der Waals surface area contributed by atoms with Crippen LogP contribution in [0.15, 0.2) is 22.7 Å². The van der Waals surface area contributed by atoms with Crippen molar-refractivity contribution in [1.29, 1.82) is 0 Å². The maximum atomic E-state index is 11.0. The van der Waals surface area contributed by atoms with Crippen LogP contribution in [0.4, 0.5) is 0 Å². The van der Waals surface area contributed by atoms with E-state index in [0.717, 1.165) is 16.5 Å². The molecule has 1 rings (SSSR count). The zero-order valence-corrected chi connectivity index (χ0v) is 12.8. The highest BCUT2D eigenvalue weighted by atomic mass is 79.9. The normalized spacial score (nSPS) is 13.9. The third-order valence-electron chi connectivity index (χ3n) is 2.94. The Morgan fingerprint density at radius 1 is 1.42 bits per heavy atom. The van der Waals surface area contributed by atoms with Gasteiger partial charge in [-0.2, -0.15) is 0 Å².